The van der Waals surface area contributed by atoms with E-state index in [4.69, 9.17) is 0 Å². The van der Waals surface area contributed by atoms with Crippen molar-refractivity contribution in [3.63, 3.8) is 0 Å². The SMILES string of the molecule is CCc1cnccc1C(O)CC(C)CC. The van der Waals surface area contributed by atoms with Crippen LogP contribution in [0.1, 0.15) is 50.8 Å². The summed E-state index contributed by atoms with van der Waals surface area (Å²) in [6.07, 6.45) is 6.17. The zero-order valence-corrected chi connectivity index (χ0v) is 9.90. The van der Waals surface area contributed by atoms with E-state index in [9.17, 15) is 5.11 Å². The van der Waals surface area contributed by atoms with Gasteiger partial charge in [-0.05, 0) is 36.0 Å². The van der Waals surface area contributed by atoms with E-state index >= 15 is 0 Å². The molecule has 1 aromatic rings. The molecule has 0 radical (unpaired) electrons. The highest BCUT2D eigenvalue weighted by Crippen LogP contribution is 2.25. The lowest BCUT2D eigenvalue weighted by Crippen LogP contribution is -2.06. The van der Waals surface area contributed by atoms with Crippen LogP contribution < -0.4 is 0 Å². The molecule has 0 saturated heterocycles. The van der Waals surface area contributed by atoms with Crippen molar-refractivity contribution >= 4 is 0 Å². The van der Waals surface area contributed by atoms with Gasteiger partial charge >= 0.3 is 0 Å². The van der Waals surface area contributed by atoms with Crippen LogP contribution in [0.15, 0.2) is 18.5 Å². The summed E-state index contributed by atoms with van der Waals surface area (Å²) in [6, 6.07) is 1.94. The Labute approximate surface area is 92.4 Å². The van der Waals surface area contributed by atoms with E-state index in [1.54, 1.807) is 6.20 Å². The third kappa shape index (κ3) is 3.31. The topological polar surface area (TPSA) is 33.1 Å². The maximum absolute atomic E-state index is 10.1. The van der Waals surface area contributed by atoms with Crippen molar-refractivity contribution in [2.75, 3.05) is 0 Å². The Kier molecular flexibility index (Phi) is 4.76. The van der Waals surface area contributed by atoms with Crippen molar-refractivity contribution in [3.8, 4) is 0 Å². The molecule has 0 fully saturated rings. The summed E-state index contributed by atoms with van der Waals surface area (Å²) < 4.78 is 0. The fourth-order valence-electron chi connectivity index (χ4n) is 1.73. The van der Waals surface area contributed by atoms with Crippen LogP contribution in [0.2, 0.25) is 0 Å². The Morgan fingerprint density at radius 3 is 2.73 bits per heavy atom. The number of aromatic nitrogens is 1. The number of aryl methyl sites for hydroxylation is 1. The van der Waals surface area contributed by atoms with Gasteiger partial charge in [-0.3, -0.25) is 4.98 Å². The predicted octanol–water partition coefficient (Wildman–Crippen LogP) is 3.11. The molecule has 0 aliphatic heterocycles. The van der Waals surface area contributed by atoms with Crippen molar-refractivity contribution in [1.82, 2.24) is 4.98 Å². The average molecular weight is 207 g/mol. The first-order valence-corrected chi connectivity index (χ1v) is 5.79. The quantitative estimate of drug-likeness (QED) is 0.804. The highest BCUT2D eigenvalue weighted by Gasteiger charge is 2.13. The normalized spacial score (nSPS) is 14.9. The van der Waals surface area contributed by atoms with E-state index in [1.165, 1.54) is 0 Å². The minimum absolute atomic E-state index is 0.335. The second kappa shape index (κ2) is 5.86. The van der Waals surface area contributed by atoms with Gasteiger partial charge in [0.2, 0.25) is 0 Å². The molecule has 2 unspecified atom stereocenters. The Morgan fingerprint density at radius 1 is 1.40 bits per heavy atom. The summed E-state index contributed by atoms with van der Waals surface area (Å²) in [4.78, 5) is 4.09. The van der Waals surface area contributed by atoms with Gasteiger partial charge in [0.15, 0.2) is 0 Å². The number of rotatable bonds is 5. The van der Waals surface area contributed by atoms with E-state index in [2.05, 4.69) is 25.8 Å². The van der Waals surface area contributed by atoms with Crippen LogP contribution in [0.5, 0.6) is 0 Å². The standard InChI is InChI=1S/C13H21NO/c1-4-10(3)8-13(15)12-6-7-14-9-11(12)5-2/h6-7,9-10,13,15H,4-5,8H2,1-3H3. The van der Waals surface area contributed by atoms with Crippen molar-refractivity contribution in [2.24, 2.45) is 5.92 Å². The highest BCUT2D eigenvalue weighted by molar-refractivity contribution is 5.25. The first-order valence-electron chi connectivity index (χ1n) is 5.79. The summed E-state index contributed by atoms with van der Waals surface area (Å²) in [5.41, 5.74) is 2.21. The molecule has 0 bridgehead atoms. The minimum atomic E-state index is -0.335. The molecule has 1 aromatic heterocycles. The summed E-state index contributed by atoms with van der Waals surface area (Å²) in [7, 11) is 0. The van der Waals surface area contributed by atoms with Gasteiger partial charge in [-0.2, -0.15) is 0 Å². The molecule has 1 N–H and O–H groups in total. The third-order valence-electron chi connectivity index (χ3n) is 3.00. The van der Waals surface area contributed by atoms with Crippen LogP contribution in [-0.4, -0.2) is 10.1 Å². The molecule has 0 aromatic carbocycles. The van der Waals surface area contributed by atoms with Gasteiger partial charge < -0.3 is 5.11 Å². The van der Waals surface area contributed by atoms with Crippen LogP contribution in [0.3, 0.4) is 0 Å². The van der Waals surface area contributed by atoms with Crippen LogP contribution in [0.4, 0.5) is 0 Å². The van der Waals surface area contributed by atoms with Crippen LogP contribution in [-0.2, 0) is 6.42 Å². The number of pyridine rings is 1. The van der Waals surface area contributed by atoms with Gasteiger partial charge in [0.05, 0.1) is 6.10 Å². The van der Waals surface area contributed by atoms with Crippen molar-refractivity contribution in [3.05, 3.63) is 29.6 Å². The molecule has 2 atom stereocenters. The third-order valence-corrected chi connectivity index (χ3v) is 3.00. The molecular weight excluding hydrogens is 186 g/mol. The molecule has 0 amide bonds. The van der Waals surface area contributed by atoms with Gasteiger partial charge in [0.25, 0.3) is 0 Å². The van der Waals surface area contributed by atoms with Gasteiger partial charge in [0, 0.05) is 12.4 Å². The summed E-state index contributed by atoms with van der Waals surface area (Å²) in [5.74, 6) is 0.567. The van der Waals surface area contributed by atoms with Crippen molar-refractivity contribution in [1.29, 1.82) is 0 Å². The monoisotopic (exact) mass is 207 g/mol. The van der Waals surface area contributed by atoms with Gasteiger partial charge in [-0.25, -0.2) is 0 Å². The zero-order valence-electron chi connectivity index (χ0n) is 9.90. The maximum Gasteiger partial charge on any atom is 0.0796 e. The second-order valence-electron chi connectivity index (χ2n) is 4.19. The van der Waals surface area contributed by atoms with E-state index in [0.717, 1.165) is 30.4 Å². The van der Waals surface area contributed by atoms with E-state index in [0.29, 0.717) is 5.92 Å². The van der Waals surface area contributed by atoms with Crippen LogP contribution >= 0.6 is 0 Å². The Morgan fingerprint density at radius 2 is 2.13 bits per heavy atom. The molecule has 0 spiro atoms. The number of hydrogen-bond donors (Lipinski definition) is 1. The molecule has 0 aliphatic rings. The molecule has 1 heterocycles. The van der Waals surface area contributed by atoms with E-state index in [1.807, 2.05) is 12.3 Å². The second-order valence-corrected chi connectivity index (χ2v) is 4.19. The van der Waals surface area contributed by atoms with Crippen molar-refractivity contribution < 1.29 is 5.11 Å². The largest absolute Gasteiger partial charge is 0.388 e. The fraction of sp³-hybridized carbons (Fsp3) is 0.615. The van der Waals surface area contributed by atoms with E-state index in [-0.39, 0.29) is 6.10 Å². The number of aliphatic hydroxyl groups excluding tert-OH is 1. The lowest BCUT2D eigenvalue weighted by atomic mass is 9.94. The summed E-state index contributed by atoms with van der Waals surface area (Å²) in [5, 5.41) is 10.1. The smallest absolute Gasteiger partial charge is 0.0796 e. The number of aliphatic hydroxyl groups is 1. The Balaban J connectivity index is 2.76. The van der Waals surface area contributed by atoms with E-state index < -0.39 is 0 Å². The molecule has 15 heavy (non-hydrogen) atoms. The lowest BCUT2D eigenvalue weighted by Gasteiger charge is -2.17. The Bertz CT molecular complexity index is 298. The highest BCUT2D eigenvalue weighted by atomic mass is 16.3. The molecule has 0 aliphatic carbocycles. The summed E-state index contributed by atoms with van der Waals surface area (Å²) in [6.45, 7) is 6.43. The Hall–Kier alpha value is -0.890. The first kappa shape index (κ1) is 12.2. The molecule has 2 nitrogen and oxygen atoms in total. The molecule has 1 rings (SSSR count). The minimum Gasteiger partial charge on any atom is -0.388 e. The molecule has 0 saturated carbocycles. The molecule has 84 valence electrons. The molecular formula is C13H21NO. The zero-order chi connectivity index (χ0) is 11.3. The predicted molar refractivity (Wildman–Crippen MR) is 62.6 cm³/mol. The summed E-state index contributed by atoms with van der Waals surface area (Å²) >= 11 is 0. The number of nitrogens with zero attached hydrogens (tertiary/aromatic N) is 1. The van der Waals surface area contributed by atoms with Gasteiger partial charge in [-0.15, -0.1) is 0 Å². The van der Waals surface area contributed by atoms with Crippen LogP contribution in [0, 0.1) is 5.92 Å². The van der Waals surface area contributed by atoms with Gasteiger partial charge in [0.1, 0.15) is 0 Å². The number of hydrogen-bond acceptors (Lipinski definition) is 2. The maximum atomic E-state index is 10.1. The average Bonchev–Trinajstić information content (AvgIpc) is 2.28. The fourth-order valence-corrected chi connectivity index (χ4v) is 1.73. The van der Waals surface area contributed by atoms with Crippen molar-refractivity contribution in [2.45, 2.75) is 46.1 Å². The van der Waals surface area contributed by atoms with Gasteiger partial charge in [-0.1, -0.05) is 27.2 Å². The first-order chi connectivity index (χ1) is 7.19. The molecule has 2 heteroatoms. The lowest BCUT2D eigenvalue weighted by molar-refractivity contribution is 0.145. The van der Waals surface area contributed by atoms with Crippen LogP contribution in [0.25, 0.3) is 0 Å².